The van der Waals surface area contributed by atoms with Crippen molar-refractivity contribution < 1.29 is 19.4 Å². The van der Waals surface area contributed by atoms with Gasteiger partial charge >= 0.3 is 0 Å². The second-order valence-corrected chi connectivity index (χ2v) is 6.35. The fraction of sp³-hybridized carbons (Fsp3) is 0.0909. The zero-order chi connectivity index (χ0) is 19.0. The molecule has 3 N–H and O–H groups in total. The van der Waals surface area contributed by atoms with Crippen LogP contribution in [0.25, 0.3) is 0 Å². The van der Waals surface area contributed by atoms with Crippen LogP contribution in [0.4, 0.5) is 5.69 Å². The smallest absolute Gasteiger partial charge is 0.198 e. The van der Waals surface area contributed by atoms with Crippen LogP contribution in [0.5, 0.6) is 11.5 Å². The fourth-order valence-electron chi connectivity index (χ4n) is 3.32. The van der Waals surface area contributed by atoms with Gasteiger partial charge in [-0.05, 0) is 5.56 Å². The highest BCUT2D eigenvalue weighted by Gasteiger charge is 2.35. The molecule has 0 atom stereocenters. The van der Waals surface area contributed by atoms with Crippen molar-refractivity contribution in [1.29, 1.82) is 0 Å². The molecule has 0 amide bonds. The SMILES string of the molecule is Nc1c(OCCc2ccccc2)cc(O)c2c1C(=O)c1ccccc1C2=O. The number of ether oxygens (including phenoxy) is 1. The molecule has 3 aromatic rings. The number of phenols is 1. The summed E-state index contributed by atoms with van der Waals surface area (Å²) in [6.45, 7) is 0.325. The average Bonchev–Trinajstić information content (AvgIpc) is 2.69. The molecule has 134 valence electrons. The van der Waals surface area contributed by atoms with Crippen LogP contribution in [0.15, 0.2) is 60.7 Å². The maximum Gasteiger partial charge on any atom is 0.198 e. The third-order valence-electron chi connectivity index (χ3n) is 4.67. The third-order valence-corrected chi connectivity index (χ3v) is 4.67. The predicted molar refractivity (Wildman–Crippen MR) is 101 cm³/mol. The van der Waals surface area contributed by atoms with Crippen molar-refractivity contribution >= 4 is 17.3 Å². The van der Waals surface area contributed by atoms with Gasteiger partial charge in [-0.1, -0.05) is 54.6 Å². The highest BCUT2D eigenvalue weighted by atomic mass is 16.5. The van der Waals surface area contributed by atoms with Crippen molar-refractivity contribution in [2.24, 2.45) is 0 Å². The van der Waals surface area contributed by atoms with E-state index in [0.717, 1.165) is 5.56 Å². The van der Waals surface area contributed by atoms with Crippen molar-refractivity contribution in [2.45, 2.75) is 6.42 Å². The van der Waals surface area contributed by atoms with Crippen LogP contribution in [0.1, 0.15) is 37.4 Å². The molecule has 0 saturated heterocycles. The lowest BCUT2D eigenvalue weighted by atomic mass is 9.82. The molecule has 4 rings (SSSR count). The Balaban J connectivity index is 1.68. The lowest BCUT2D eigenvalue weighted by Crippen LogP contribution is -2.23. The van der Waals surface area contributed by atoms with Gasteiger partial charge in [0.15, 0.2) is 11.6 Å². The number of rotatable bonds is 4. The highest BCUT2D eigenvalue weighted by molar-refractivity contribution is 6.31. The summed E-state index contributed by atoms with van der Waals surface area (Å²) in [6.07, 6.45) is 0.647. The van der Waals surface area contributed by atoms with E-state index in [1.165, 1.54) is 6.07 Å². The number of nitrogens with two attached hydrogens (primary N) is 1. The largest absolute Gasteiger partial charge is 0.507 e. The van der Waals surface area contributed by atoms with Crippen LogP contribution in [-0.2, 0) is 6.42 Å². The normalized spacial score (nSPS) is 12.4. The number of phenolic OH excluding ortho intramolecular Hbond substituents is 1. The van der Waals surface area contributed by atoms with Gasteiger partial charge in [-0.15, -0.1) is 0 Å². The summed E-state index contributed by atoms with van der Waals surface area (Å²) in [7, 11) is 0. The second kappa shape index (κ2) is 6.61. The van der Waals surface area contributed by atoms with Crippen molar-refractivity contribution in [3.8, 4) is 11.5 Å². The standard InChI is InChI=1S/C22H17NO4/c23-20-17(27-11-10-13-6-2-1-3-7-13)12-16(24)18-19(20)22(26)15-9-5-4-8-14(15)21(18)25/h1-9,12,24H,10-11,23H2. The number of carbonyl (C=O) groups is 2. The van der Waals surface area contributed by atoms with Gasteiger partial charge in [-0.2, -0.15) is 0 Å². The highest BCUT2D eigenvalue weighted by Crippen LogP contribution is 2.41. The Bertz CT molecular complexity index is 1060. The molecule has 3 aromatic carbocycles. The Kier molecular flexibility index (Phi) is 4.12. The van der Waals surface area contributed by atoms with E-state index < -0.39 is 5.78 Å². The Hall–Kier alpha value is -3.60. The number of benzene rings is 3. The van der Waals surface area contributed by atoms with Gasteiger partial charge in [0.1, 0.15) is 11.5 Å². The number of hydrogen-bond acceptors (Lipinski definition) is 5. The minimum atomic E-state index is -0.416. The molecule has 0 radical (unpaired) electrons. The van der Waals surface area contributed by atoms with Crippen LogP contribution in [0.3, 0.4) is 0 Å². The lowest BCUT2D eigenvalue weighted by Gasteiger charge is -2.21. The summed E-state index contributed by atoms with van der Waals surface area (Å²) >= 11 is 0. The zero-order valence-electron chi connectivity index (χ0n) is 14.4. The molecule has 0 heterocycles. The van der Waals surface area contributed by atoms with Crippen LogP contribution in [-0.4, -0.2) is 23.3 Å². The first-order valence-electron chi connectivity index (χ1n) is 8.58. The maximum absolute atomic E-state index is 12.9. The minimum Gasteiger partial charge on any atom is -0.507 e. The van der Waals surface area contributed by atoms with E-state index in [2.05, 4.69) is 0 Å². The molecule has 0 saturated carbocycles. The van der Waals surface area contributed by atoms with Crippen molar-refractivity contribution in [1.82, 2.24) is 0 Å². The summed E-state index contributed by atoms with van der Waals surface area (Å²) in [4.78, 5) is 25.6. The molecule has 0 aliphatic heterocycles. The van der Waals surface area contributed by atoms with E-state index in [4.69, 9.17) is 10.5 Å². The number of fused-ring (bicyclic) bond motifs is 2. The molecule has 5 heteroatoms. The van der Waals surface area contributed by atoms with Crippen LogP contribution in [0, 0.1) is 0 Å². The Morgan fingerprint density at radius 2 is 1.44 bits per heavy atom. The molecular formula is C22H17NO4. The molecule has 0 aromatic heterocycles. The van der Waals surface area contributed by atoms with E-state index >= 15 is 0 Å². The summed E-state index contributed by atoms with van der Waals surface area (Å²) < 4.78 is 5.71. The first kappa shape index (κ1) is 16.8. The molecule has 5 nitrogen and oxygen atoms in total. The van der Waals surface area contributed by atoms with Gasteiger partial charge in [0.25, 0.3) is 0 Å². The third kappa shape index (κ3) is 2.83. The van der Waals surface area contributed by atoms with Gasteiger partial charge in [0, 0.05) is 23.6 Å². The average molecular weight is 359 g/mol. The van der Waals surface area contributed by atoms with Gasteiger partial charge in [0.05, 0.1) is 23.4 Å². The minimum absolute atomic E-state index is 0.00779. The summed E-state index contributed by atoms with van der Waals surface area (Å²) in [5.74, 6) is -0.911. The Morgan fingerprint density at radius 3 is 2.11 bits per heavy atom. The van der Waals surface area contributed by atoms with Crippen LogP contribution >= 0.6 is 0 Å². The van der Waals surface area contributed by atoms with Gasteiger partial charge in [-0.25, -0.2) is 0 Å². The molecule has 0 unspecified atom stereocenters. The first-order valence-corrected chi connectivity index (χ1v) is 8.58. The number of nitrogen functional groups attached to an aromatic ring is 1. The summed E-state index contributed by atoms with van der Waals surface area (Å²) in [5.41, 5.74) is 7.81. The number of carbonyl (C=O) groups excluding carboxylic acids is 2. The van der Waals surface area contributed by atoms with Gasteiger partial charge in [-0.3, -0.25) is 9.59 Å². The molecule has 0 spiro atoms. The fourth-order valence-corrected chi connectivity index (χ4v) is 3.32. The molecule has 27 heavy (non-hydrogen) atoms. The van der Waals surface area contributed by atoms with E-state index in [0.29, 0.717) is 13.0 Å². The first-order chi connectivity index (χ1) is 13.1. The van der Waals surface area contributed by atoms with Crippen molar-refractivity contribution in [3.05, 3.63) is 88.5 Å². The number of hydrogen-bond donors (Lipinski definition) is 2. The van der Waals surface area contributed by atoms with E-state index in [-0.39, 0.29) is 45.2 Å². The maximum atomic E-state index is 12.9. The second-order valence-electron chi connectivity index (χ2n) is 6.35. The summed E-state index contributed by atoms with van der Waals surface area (Å²) in [6, 6.07) is 17.6. The van der Waals surface area contributed by atoms with E-state index in [1.807, 2.05) is 30.3 Å². The monoisotopic (exact) mass is 359 g/mol. The van der Waals surface area contributed by atoms with Crippen LogP contribution < -0.4 is 10.5 Å². The molecule has 1 aliphatic carbocycles. The predicted octanol–water partition coefficient (Wildman–Crippen LogP) is 3.37. The van der Waals surface area contributed by atoms with Crippen molar-refractivity contribution in [3.63, 3.8) is 0 Å². The zero-order valence-corrected chi connectivity index (χ0v) is 14.4. The molecule has 0 bridgehead atoms. The summed E-state index contributed by atoms with van der Waals surface area (Å²) in [5, 5.41) is 10.4. The molecular weight excluding hydrogens is 342 g/mol. The molecule has 0 fully saturated rings. The Labute approximate surface area is 156 Å². The molecule has 1 aliphatic rings. The number of ketones is 2. The van der Waals surface area contributed by atoms with Crippen LogP contribution in [0.2, 0.25) is 0 Å². The quantitative estimate of drug-likeness (QED) is 0.431. The van der Waals surface area contributed by atoms with E-state index in [9.17, 15) is 14.7 Å². The van der Waals surface area contributed by atoms with Gasteiger partial charge < -0.3 is 15.6 Å². The lowest BCUT2D eigenvalue weighted by molar-refractivity contribution is 0.0977. The van der Waals surface area contributed by atoms with E-state index in [1.54, 1.807) is 24.3 Å². The topological polar surface area (TPSA) is 89.6 Å². The van der Waals surface area contributed by atoms with Gasteiger partial charge in [0.2, 0.25) is 0 Å². The van der Waals surface area contributed by atoms with Crippen molar-refractivity contribution in [2.75, 3.05) is 12.3 Å². The number of anilines is 1. The number of aromatic hydroxyl groups is 1. The Morgan fingerprint density at radius 1 is 0.852 bits per heavy atom.